The van der Waals surface area contributed by atoms with Crippen molar-refractivity contribution in [2.75, 3.05) is 37.6 Å². The molecule has 154 valence electrons. The Morgan fingerprint density at radius 2 is 1.87 bits per heavy atom. The topological polar surface area (TPSA) is 80.9 Å². The van der Waals surface area contributed by atoms with E-state index < -0.39 is 0 Å². The zero-order valence-corrected chi connectivity index (χ0v) is 17.3. The summed E-state index contributed by atoms with van der Waals surface area (Å²) in [6.07, 6.45) is 1.70. The van der Waals surface area contributed by atoms with Gasteiger partial charge in [0, 0.05) is 43.0 Å². The Morgan fingerprint density at radius 3 is 2.73 bits per heavy atom. The Labute approximate surface area is 178 Å². The number of para-hydroxylation sites is 1. The van der Waals surface area contributed by atoms with Gasteiger partial charge in [-0.2, -0.15) is 5.10 Å². The lowest BCUT2D eigenvalue weighted by Crippen LogP contribution is -2.46. The molecule has 0 unspecified atom stereocenters. The molecule has 1 aliphatic rings. The Bertz CT molecular complexity index is 1240. The molecule has 5 rings (SSSR count). The molecule has 2 N–H and O–H groups in total. The molecule has 0 saturated carbocycles. The van der Waals surface area contributed by atoms with Crippen molar-refractivity contribution < 1.29 is 0 Å². The van der Waals surface area contributed by atoms with Crippen LogP contribution in [0, 0.1) is 0 Å². The smallest absolute Gasteiger partial charge is 0.258 e. The van der Waals surface area contributed by atoms with E-state index in [-0.39, 0.29) is 5.56 Å². The maximum absolute atomic E-state index is 12.3. The normalized spacial score (nSPS) is 15.3. The fourth-order valence-corrected chi connectivity index (χ4v) is 4.29. The van der Waals surface area contributed by atoms with Gasteiger partial charge in [0.25, 0.3) is 5.56 Å². The Morgan fingerprint density at radius 1 is 1.03 bits per heavy atom. The summed E-state index contributed by atoms with van der Waals surface area (Å²) in [7, 11) is 0. The highest BCUT2D eigenvalue weighted by molar-refractivity contribution is 6.31. The van der Waals surface area contributed by atoms with E-state index in [0.717, 1.165) is 62.7 Å². The third kappa shape index (κ3) is 3.78. The van der Waals surface area contributed by atoms with Crippen LogP contribution in [0.5, 0.6) is 0 Å². The highest BCUT2D eigenvalue weighted by Gasteiger charge is 2.20. The molecule has 0 aliphatic carbocycles. The Hall–Kier alpha value is -2.90. The molecular formula is C22H23ClN6O. The number of aromatic nitrogens is 4. The number of aryl methyl sites for hydroxylation is 1. The van der Waals surface area contributed by atoms with Crippen LogP contribution in [-0.2, 0) is 6.42 Å². The number of nitrogens with one attached hydrogen (secondary N) is 2. The van der Waals surface area contributed by atoms with Crippen LogP contribution >= 0.6 is 11.6 Å². The fourth-order valence-electron chi connectivity index (χ4n) is 4.12. The molecule has 8 heteroatoms. The van der Waals surface area contributed by atoms with Crippen molar-refractivity contribution in [3.63, 3.8) is 0 Å². The molecule has 0 spiro atoms. The van der Waals surface area contributed by atoms with Gasteiger partial charge in [-0.05, 0) is 43.3 Å². The molecule has 4 aromatic rings. The van der Waals surface area contributed by atoms with Crippen LogP contribution in [0.15, 0.2) is 47.3 Å². The quantitative estimate of drug-likeness (QED) is 0.516. The first-order chi connectivity index (χ1) is 14.7. The first-order valence-corrected chi connectivity index (χ1v) is 10.6. The van der Waals surface area contributed by atoms with Crippen LogP contribution in [0.4, 0.5) is 5.82 Å². The maximum atomic E-state index is 12.3. The van der Waals surface area contributed by atoms with E-state index in [1.165, 1.54) is 5.39 Å². The Balaban J connectivity index is 1.16. The second-order valence-electron chi connectivity index (χ2n) is 7.70. The van der Waals surface area contributed by atoms with Crippen molar-refractivity contribution in [2.45, 2.75) is 12.8 Å². The molecular weight excluding hydrogens is 400 g/mol. The molecule has 30 heavy (non-hydrogen) atoms. The first kappa shape index (κ1) is 19.1. The van der Waals surface area contributed by atoms with Crippen LogP contribution in [0.25, 0.3) is 21.8 Å². The van der Waals surface area contributed by atoms with Crippen LogP contribution in [-0.4, -0.2) is 57.8 Å². The van der Waals surface area contributed by atoms with Gasteiger partial charge < -0.3 is 9.88 Å². The zero-order chi connectivity index (χ0) is 20.5. The number of anilines is 1. The largest absolute Gasteiger partial charge is 0.352 e. The molecule has 1 saturated heterocycles. The van der Waals surface area contributed by atoms with Gasteiger partial charge in [-0.3, -0.25) is 14.8 Å². The van der Waals surface area contributed by atoms with Crippen molar-refractivity contribution in [3.8, 4) is 0 Å². The summed E-state index contributed by atoms with van der Waals surface area (Å²) in [5.74, 6) is 1.78. The van der Waals surface area contributed by atoms with Crippen molar-refractivity contribution >= 4 is 39.2 Å². The van der Waals surface area contributed by atoms with Crippen LogP contribution in [0.1, 0.15) is 12.2 Å². The van der Waals surface area contributed by atoms with E-state index in [0.29, 0.717) is 15.9 Å². The van der Waals surface area contributed by atoms with Crippen LogP contribution in [0.2, 0.25) is 5.02 Å². The lowest BCUT2D eigenvalue weighted by atomic mass is 10.2. The number of aromatic amines is 2. The maximum Gasteiger partial charge on any atom is 0.258 e. The molecule has 1 fully saturated rings. The van der Waals surface area contributed by atoms with Gasteiger partial charge in [0.1, 0.15) is 5.82 Å². The molecule has 2 aromatic carbocycles. The lowest BCUT2D eigenvalue weighted by molar-refractivity contribution is 0.254. The SMILES string of the molecule is O=c1[nH]c(CCCN2CCN(c3n[nH]c4ccccc34)CC2)nc2ccc(Cl)cc12. The third-order valence-corrected chi connectivity index (χ3v) is 5.96. The molecule has 0 atom stereocenters. The molecule has 2 aromatic heterocycles. The summed E-state index contributed by atoms with van der Waals surface area (Å²) in [5.41, 5.74) is 1.64. The number of hydrogen-bond acceptors (Lipinski definition) is 5. The number of halogens is 1. The van der Waals surface area contributed by atoms with Crippen molar-refractivity contribution in [1.29, 1.82) is 0 Å². The minimum Gasteiger partial charge on any atom is -0.352 e. The lowest BCUT2D eigenvalue weighted by Gasteiger charge is -2.35. The summed E-state index contributed by atoms with van der Waals surface area (Å²) >= 11 is 5.98. The van der Waals surface area contributed by atoms with E-state index in [2.05, 4.69) is 48.2 Å². The van der Waals surface area contributed by atoms with Gasteiger partial charge in [0.2, 0.25) is 0 Å². The minimum absolute atomic E-state index is 0.127. The zero-order valence-electron chi connectivity index (χ0n) is 16.6. The van der Waals surface area contributed by atoms with Gasteiger partial charge in [0.15, 0.2) is 5.82 Å². The molecule has 3 heterocycles. The van der Waals surface area contributed by atoms with Gasteiger partial charge in [-0.25, -0.2) is 4.98 Å². The molecule has 7 nitrogen and oxygen atoms in total. The monoisotopic (exact) mass is 422 g/mol. The van der Waals surface area contributed by atoms with Gasteiger partial charge in [-0.15, -0.1) is 0 Å². The Kier molecular flexibility index (Phi) is 5.14. The second kappa shape index (κ2) is 8.08. The van der Waals surface area contributed by atoms with Gasteiger partial charge >= 0.3 is 0 Å². The number of H-pyrrole nitrogens is 2. The van der Waals surface area contributed by atoms with E-state index in [1.54, 1.807) is 18.2 Å². The second-order valence-corrected chi connectivity index (χ2v) is 8.14. The number of nitrogens with zero attached hydrogens (tertiary/aromatic N) is 4. The summed E-state index contributed by atoms with van der Waals surface area (Å²) < 4.78 is 0. The molecule has 1 aliphatic heterocycles. The first-order valence-electron chi connectivity index (χ1n) is 10.3. The molecule has 0 amide bonds. The molecule has 0 radical (unpaired) electrons. The summed E-state index contributed by atoms with van der Waals surface area (Å²) in [6, 6.07) is 13.5. The van der Waals surface area contributed by atoms with Gasteiger partial charge in [0.05, 0.1) is 16.4 Å². The van der Waals surface area contributed by atoms with Crippen LogP contribution in [0.3, 0.4) is 0 Å². The average Bonchev–Trinajstić information content (AvgIpc) is 3.19. The number of rotatable bonds is 5. The third-order valence-electron chi connectivity index (χ3n) is 5.73. The summed E-state index contributed by atoms with van der Waals surface area (Å²) in [6.45, 7) is 4.90. The van der Waals surface area contributed by atoms with E-state index >= 15 is 0 Å². The molecule has 0 bridgehead atoms. The fraction of sp³-hybridized carbons (Fsp3) is 0.318. The summed E-state index contributed by atoms with van der Waals surface area (Å²) in [5, 5.41) is 9.90. The highest BCUT2D eigenvalue weighted by Crippen LogP contribution is 2.24. The van der Waals surface area contributed by atoms with E-state index in [9.17, 15) is 4.79 Å². The number of benzene rings is 2. The van der Waals surface area contributed by atoms with Gasteiger partial charge in [-0.1, -0.05) is 23.7 Å². The van der Waals surface area contributed by atoms with Crippen molar-refractivity contribution in [3.05, 3.63) is 63.7 Å². The predicted molar refractivity (Wildman–Crippen MR) is 120 cm³/mol. The number of hydrogen-bond donors (Lipinski definition) is 2. The average molecular weight is 423 g/mol. The highest BCUT2D eigenvalue weighted by atomic mass is 35.5. The standard InChI is InChI=1S/C22H23ClN6O/c23-15-7-8-18-17(14-15)22(30)25-20(24-18)6-3-9-28-10-12-29(13-11-28)21-16-4-1-2-5-19(16)26-27-21/h1-2,4-5,7-8,14H,3,6,9-13H2,(H,26,27)(H,24,25,30). The predicted octanol–water partition coefficient (Wildman–Crippen LogP) is 3.21. The van der Waals surface area contributed by atoms with Crippen molar-refractivity contribution in [1.82, 2.24) is 25.1 Å². The number of piperazine rings is 1. The van der Waals surface area contributed by atoms with Crippen molar-refractivity contribution in [2.24, 2.45) is 0 Å². The summed E-state index contributed by atoms with van der Waals surface area (Å²) in [4.78, 5) is 24.6. The van der Waals surface area contributed by atoms with E-state index in [1.807, 2.05) is 6.07 Å². The van der Waals surface area contributed by atoms with Crippen LogP contribution < -0.4 is 10.5 Å². The van der Waals surface area contributed by atoms with E-state index in [4.69, 9.17) is 11.6 Å². The number of fused-ring (bicyclic) bond motifs is 2. The minimum atomic E-state index is -0.127.